The molecule has 8 nitrogen and oxygen atoms in total. The summed E-state index contributed by atoms with van der Waals surface area (Å²) in [7, 11) is -3.76. The molecule has 2 aromatic rings. The van der Waals surface area contributed by atoms with Gasteiger partial charge in [-0.1, -0.05) is 29.8 Å². The monoisotopic (exact) mass is 466 g/mol. The maximum absolute atomic E-state index is 12.3. The summed E-state index contributed by atoms with van der Waals surface area (Å²) >= 11 is 5.93. The Balaban J connectivity index is 1.44. The second-order valence-electron chi connectivity index (χ2n) is 7.54. The van der Waals surface area contributed by atoms with Gasteiger partial charge in [0.25, 0.3) is 0 Å². The van der Waals surface area contributed by atoms with E-state index in [0.29, 0.717) is 6.54 Å². The number of benzene rings is 1. The third-order valence-corrected chi connectivity index (χ3v) is 6.77. The summed E-state index contributed by atoms with van der Waals surface area (Å²) < 4.78 is 32.7. The van der Waals surface area contributed by atoms with E-state index in [4.69, 9.17) is 16.3 Å². The minimum Gasteiger partial charge on any atom is -0.372 e. The van der Waals surface area contributed by atoms with Crippen LogP contribution in [0.4, 0.5) is 5.82 Å². The first-order valence-corrected chi connectivity index (χ1v) is 12.0. The predicted octanol–water partition coefficient (Wildman–Crippen LogP) is 2.33. The van der Waals surface area contributed by atoms with E-state index >= 15 is 0 Å². The van der Waals surface area contributed by atoms with Crippen LogP contribution in [0.25, 0.3) is 0 Å². The number of halogens is 1. The number of carbonyl (C=O) groups is 1. The largest absolute Gasteiger partial charge is 0.372 e. The van der Waals surface area contributed by atoms with Crippen LogP contribution in [0.2, 0.25) is 5.02 Å². The van der Waals surface area contributed by atoms with Crippen molar-refractivity contribution in [3.63, 3.8) is 0 Å². The van der Waals surface area contributed by atoms with Crippen LogP contribution in [0.3, 0.4) is 0 Å². The van der Waals surface area contributed by atoms with Gasteiger partial charge in [0.05, 0.1) is 17.2 Å². The van der Waals surface area contributed by atoms with Gasteiger partial charge in [0.15, 0.2) is 0 Å². The Labute approximate surface area is 188 Å². The van der Waals surface area contributed by atoms with Gasteiger partial charge in [0.2, 0.25) is 15.9 Å². The number of nitrogens with zero attached hydrogens (tertiary/aromatic N) is 2. The van der Waals surface area contributed by atoms with Crippen LogP contribution in [-0.2, 0) is 26.1 Å². The van der Waals surface area contributed by atoms with Crippen LogP contribution in [0.5, 0.6) is 0 Å². The SMILES string of the molecule is CC1CN(c2ccc(CNC(=O)CCNS(=O)(=O)c3ccccc3Cl)cn2)CC(C)O1. The van der Waals surface area contributed by atoms with Crippen molar-refractivity contribution in [2.45, 2.75) is 43.9 Å². The number of anilines is 1. The summed E-state index contributed by atoms with van der Waals surface area (Å²) in [6, 6.07) is 10.0. The second-order valence-corrected chi connectivity index (χ2v) is 9.68. The Hall–Kier alpha value is -2.20. The zero-order valence-corrected chi connectivity index (χ0v) is 19.1. The van der Waals surface area contributed by atoms with Crippen molar-refractivity contribution in [1.82, 2.24) is 15.0 Å². The van der Waals surface area contributed by atoms with Gasteiger partial charge in [0.1, 0.15) is 10.7 Å². The summed E-state index contributed by atoms with van der Waals surface area (Å²) in [5.41, 5.74) is 0.864. The summed E-state index contributed by atoms with van der Waals surface area (Å²) in [5, 5.41) is 2.91. The molecule has 0 radical (unpaired) electrons. The van der Waals surface area contributed by atoms with Crippen molar-refractivity contribution in [3.8, 4) is 0 Å². The van der Waals surface area contributed by atoms with Crippen LogP contribution in [0.1, 0.15) is 25.8 Å². The molecule has 1 fully saturated rings. The van der Waals surface area contributed by atoms with Crippen LogP contribution in [-0.4, -0.2) is 51.2 Å². The molecule has 0 spiro atoms. The van der Waals surface area contributed by atoms with Gasteiger partial charge >= 0.3 is 0 Å². The van der Waals surface area contributed by atoms with Crippen molar-refractivity contribution in [3.05, 3.63) is 53.2 Å². The minimum absolute atomic E-state index is 0.00713. The molecule has 0 aliphatic carbocycles. The third-order valence-electron chi connectivity index (χ3n) is 4.81. The fourth-order valence-electron chi connectivity index (χ4n) is 3.40. The van der Waals surface area contributed by atoms with Gasteiger partial charge in [-0.3, -0.25) is 4.79 Å². The molecule has 2 unspecified atom stereocenters. The first-order valence-electron chi connectivity index (χ1n) is 10.1. The van der Waals surface area contributed by atoms with Gasteiger partial charge in [-0.05, 0) is 37.6 Å². The maximum atomic E-state index is 12.3. The first kappa shape index (κ1) is 23.5. The molecule has 1 amide bonds. The lowest BCUT2D eigenvalue weighted by Gasteiger charge is -2.36. The smallest absolute Gasteiger partial charge is 0.242 e. The molecule has 10 heteroatoms. The molecule has 1 saturated heterocycles. The molecular weight excluding hydrogens is 440 g/mol. The third kappa shape index (κ3) is 6.64. The van der Waals surface area contributed by atoms with Gasteiger partial charge < -0.3 is 15.0 Å². The molecule has 2 heterocycles. The van der Waals surface area contributed by atoms with Gasteiger partial charge in [0, 0.05) is 38.8 Å². The summed E-state index contributed by atoms with van der Waals surface area (Å²) in [6.07, 6.45) is 2.05. The lowest BCUT2D eigenvalue weighted by molar-refractivity contribution is -0.121. The molecule has 168 valence electrons. The standard InChI is InChI=1S/C21H27ClN4O4S/c1-15-13-26(14-16(2)30-15)20-8-7-17(11-23-20)12-24-21(27)9-10-25-31(28,29)19-6-4-3-5-18(19)22/h3-8,11,15-16,25H,9-10,12-14H2,1-2H3,(H,24,27). The average Bonchev–Trinajstić information content (AvgIpc) is 2.72. The topological polar surface area (TPSA) is 101 Å². The highest BCUT2D eigenvalue weighted by molar-refractivity contribution is 7.89. The highest BCUT2D eigenvalue weighted by Crippen LogP contribution is 2.20. The zero-order chi connectivity index (χ0) is 22.4. The number of aromatic nitrogens is 1. The van der Waals surface area contributed by atoms with Crippen LogP contribution >= 0.6 is 11.6 Å². The lowest BCUT2D eigenvalue weighted by Crippen LogP contribution is -2.45. The number of nitrogens with one attached hydrogen (secondary N) is 2. The molecule has 1 aromatic heterocycles. The van der Waals surface area contributed by atoms with E-state index in [-0.39, 0.29) is 41.0 Å². The second kappa shape index (κ2) is 10.4. The summed E-state index contributed by atoms with van der Waals surface area (Å²) in [6.45, 7) is 5.96. The number of morpholine rings is 1. The van der Waals surface area contributed by atoms with Gasteiger partial charge in [-0.15, -0.1) is 0 Å². The number of rotatable bonds is 8. The number of ether oxygens (including phenoxy) is 1. The van der Waals surface area contributed by atoms with Crippen molar-refractivity contribution < 1.29 is 17.9 Å². The normalized spacial score (nSPS) is 19.3. The van der Waals surface area contributed by atoms with Crippen molar-refractivity contribution in [1.29, 1.82) is 0 Å². The van der Waals surface area contributed by atoms with E-state index in [1.54, 1.807) is 18.3 Å². The number of sulfonamides is 1. The molecule has 2 N–H and O–H groups in total. The van der Waals surface area contributed by atoms with Gasteiger partial charge in [-0.25, -0.2) is 18.1 Å². The summed E-state index contributed by atoms with van der Waals surface area (Å²) in [5.74, 6) is 0.618. The van der Waals surface area contributed by atoms with E-state index in [1.165, 1.54) is 12.1 Å². The quantitative estimate of drug-likeness (QED) is 0.619. The van der Waals surface area contributed by atoms with E-state index in [1.807, 2.05) is 26.0 Å². The molecule has 3 rings (SSSR count). The molecule has 1 aliphatic heterocycles. The highest BCUT2D eigenvalue weighted by atomic mass is 35.5. The fourth-order valence-corrected chi connectivity index (χ4v) is 4.95. The molecule has 0 saturated carbocycles. The predicted molar refractivity (Wildman–Crippen MR) is 120 cm³/mol. The molecule has 0 bridgehead atoms. The number of hydrogen-bond acceptors (Lipinski definition) is 6. The Bertz CT molecular complexity index is 991. The van der Waals surface area contributed by atoms with Crippen molar-refractivity contribution >= 4 is 33.3 Å². The van der Waals surface area contributed by atoms with E-state index in [2.05, 4.69) is 19.9 Å². The average molecular weight is 467 g/mol. The Morgan fingerprint density at radius 1 is 1.19 bits per heavy atom. The Kier molecular flexibility index (Phi) is 7.88. The molecule has 31 heavy (non-hydrogen) atoms. The van der Waals surface area contributed by atoms with Crippen molar-refractivity contribution in [2.75, 3.05) is 24.5 Å². The van der Waals surface area contributed by atoms with E-state index < -0.39 is 10.0 Å². The molecule has 1 aromatic carbocycles. The number of pyridine rings is 1. The van der Waals surface area contributed by atoms with E-state index in [0.717, 1.165) is 24.5 Å². The number of hydrogen-bond donors (Lipinski definition) is 2. The molecule has 1 aliphatic rings. The Morgan fingerprint density at radius 2 is 1.90 bits per heavy atom. The van der Waals surface area contributed by atoms with Gasteiger partial charge in [-0.2, -0.15) is 0 Å². The molecular formula is C21H27ClN4O4S. The van der Waals surface area contributed by atoms with Crippen LogP contribution in [0, 0.1) is 0 Å². The number of carbonyl (C=O) groups excluding carboxylic acids is 1. The lowest BCUT2D eigenvalue weighted by atomic mass is 10.2. The number of amides is 1. The fraction of sp³-hybridized carbons (Fsp3) is 0.429. The van der Waals surface area contributed by atoms with E-state index in [9.17, 15) is 13.2 Å². The zero-order valence-electron chi connectivity index (χ0n) is 17.5. The summed E-state index contributed by atoms with van der Waals surface area (Å²) in [4.78, 5) is 18.8. The highest BCUT2D eigenvalue weighted by Gasteiger charge is 2.23. The van der Waals surface area contributed by atoms with Crippen LogP contribution < -0.4 is 14.9 Å². The first-order chi connectivity index (χ1) is 14.7. The Morgan fingerprint density at radius 3 is 2.55 bits per heavy atom. The molecule has 2 atom stereocenters. The minimum atomic E-state index is -3.76. The van der Waals surface area contributed by atoms with Crippen LogP contribution in [0.15, 0.2) is 47.5 Å². The van der Waals surface area contributed by atoms with Crippen molar-refractivity contribution in [2.24, 2.45) is 0 Å². The maximum Gasteiger partial charge on any atom is 0.242 e.